The highest BCUT2D eigenvalue weighted by Crippen LogP contribution is 2.36. The smallest absolute Gasteiger partial charge is 0.419 e. The Labute approximate surface area is 189 Å². The minimum Gasteiger partial charge on any atom is -0.488 e. The first-order chi connectivity index (χ1) is 15.5. The van der Waals surface area contributed by atoms with E-state index in [1.54, 1.807) is 39.0 Å². The van der Waals surface area contributed by atoms with Crippen LogP contribution in [0.1, 0.15) is 42.3 Å². The lowest BCUT2D eigenvalue weighted by molar-refractivity contribution is 0.0598. The number of hydrogen-bond donors (Lipinski definition) is 1. The van der Waals surface area contributed by atoms with E-state index in [0.29, 0.717) is 22.9 Å². The second kappa shape index (κ2) is 8.20. The molecule has 0 atom stereocenters. The summed E-state index contributed by atoms with van der Waals surface area (Å²) in [7, 11) is 0. The van der Waals surface area contributed by atoms with E-state index >= 15 is 0 Å². The predicted molar refractivity (Wildman–Crippen MR) is 120 cm³/mol. The topological polar surface area (TPSA) is 81.9 Å². The second-order valence-corrected chi connectivity index (χ2v) is 8.63. The maximum absolute atomic E-state index is 14.7. The van der Waals surface area contributed by atoms with Gasteiger partial charge in [-0.05, 0) is 57.2 Å². The molecule has 1 aliphatic heterocycles. The molecule has 0 fully saturated rings. The molecule has 4 rings (SSSR count). The van der Waals surface area contributed by atoms with Crippen molar-refractivity contribution in [3.63, 3.8) is 0 Å². The minimum absolute atomic E-state index is 0.106. The minimum atomic E-state index is -0.948. The maximum atomic E-state index is 14.7. The van der Waals surface area contributed by atoms with Gasteiger partial charge in [0.2, 0.25) is 0 Å². The first kappa shape index (κ1) is 22.3. The first-order valence-electron chi connectivity index (χ1n) is 10.2. The van der Waals surface area contributed by atoms with Gasteiger partial charge in [-0.25, -0.2) is 18.5 Å². The van der Waals surface area contributed by atoms with Crippen LogP contribution in [0.4, 0.5) is 30.6 Å². The van der Waals surface area contributed by atoms with Crippen molar-refractivity contribution in [2.45, 2.75) is 33.0 Å². The van der Waals surface area contributed by atoms with Gasteiger partial charge in [0.05, 0.1) is 16.9 Å². The highest BCUT2D eigenvalue weighted by molar-refractivity contribution is 6.13. The normalized spacial score (nSPS) is 12.8. The molecule has 1 aliphatic rings. The number of anilines is 3. The summed E-state index contributed by atoms with van der Waals surface area (Å²) in [6, 6.07) is 12.3. The van der Waals surface area contributed by atoms with Crippen LogP contribution in [0.3, 0.4) is 0 Å². The Balaban J connectivity index is 1.81. The van der Waals surface area contributed by atoms with Gasteiger partial charge < -0.3 is 15.2 Å². The van der Waals surface area contributed by atoms with Gasteiger partial charge in [0.1, 0.15) is 29.6 Å². The summed E-state index contributed by atoms with van der Waals surface area (Å²) in [5.41, 5.74) is 6.76. The Morgan fingerprint density at radius 2 is 1.79 bits per heavy atom. The van der Waals surface area contributed by atoms with Gasteiger partial charge in [-0.2, -0.15) is 0 Å². The van der Waals surface area contributed by atoms with E-state index in [2.05, 4.69) is 0 Å². The Kier molecular flexibility index (Phi) is 5.53. The maximum Gasteiger partial charge on any atom is 0.419 e. The van der Waals surface area contributed by atoms with Gasteiger partial charge in [-0.3, -0.25) is 4.79 Å². The van der Waals surface area contributed by atoms with Gasteiger partial charge in [0.25, 0.3) is 0 Å². The molecule has 3 aromatic carbocycles. The Morgan fingerprint density at radius 1 is 1.03 bits per heavy atom. The molecule has 1 heterocycles. The molecular weight excluding hydrogens is 430 g/mol. The van der Waals surface area contributed by atoms with Crippen LogP contribution in [0, 0.1) is 11.6 Å². The van der Waals surface area contributed by atoms with E-state index in [1.165, 1.54) is 18.2 Å². The lowest BCUT2D eigenvalue weighted by atomic mass is 9.98. The summed E-state index contributed by atoms with van der Waals surface area (Å²) < 4.78 is 39.5. The summed E-state index contributed by atoms with van der Waals surface area (Å²) in [5.74, 6) is -1.81. The van der Waals surface area contributed by atoms with Crippen molar-refractivity contribution in [2.24, 2.45) is 0 Å². The van der Waals surface area contributed by atoms with Gasteiger partial charge in [-0.1, -0.05) is 6.07 Å². The number of fused-ring (bicyclic) bond motifs is 2. The molecule has 0 saturated carbocycles. The van der Waals surface area contributed by atoms with E-state index in [-0.39, 0.29) is 35.1 Å². The van der Waals surface area contributed by atoms with Crippen LogP contribution in [0.2, 0.25) is 0 Å². The molecule has 0 spiro atoms. The summed E-state index contributed by atoms with van der Waals surface area (Å²) in [4.78, 5) is 27.1. The number of rotatable bonds is 2. The number of carbonyl (C=O) groups excluding carboxylic acids is 2. The third-order valence-electron chi connectivity index (χ3n) is 4.96. The van der Waals surface area contributed by atoms with E-state index in [0.717, 1.165) is 17.0 Å². The molecule has 0 aliphatic carbocycles. The number of nitrogens with two attached hydrogens (primary N) is 1. The molecule has 0 saturated heterocycles. The molecule has 8 heteroatoms. The Morgan fingerprint density at radius 3 is 2.48 bits per heavy atom. The number of carbonyl (C=O) groups is 2. The van der Waals surface area contributed by atoms with Gasteiger partial charge >= 0.3 is 6.09 Å². The van der Waals surface area contributed by atoms with Gasteiger partial charge in [-0.15, -0.1) is 0 Å². The molecule has 0 radical (unpaired) electrons. The summed E-state index contributed by atoms with van der Waals surface area (Å²) in [5, 5.41) is 0. The Hall–Kier alpha value is -3.94. The van der Waals surface area contributed by atoms with Crippen LogP contribution in [-0.2, 0) is 11.3 Å². The van der Waals surface area contributed by atoms with E-state index in [1.807, 2.05) is 0 Å². The van der Waals surface area contributed by atoms with Crippen molar-refractivity contribution in [3.8, 4) is 5.75 Å². The van der Waals surface area contributed by atoms with E-state index in [4.69, 9.17) is 15.2 Å². The average Bonchev–Trinajstić information content (AvgIpc) is 2.85. The molecule has 1 amide bonds. The largest absolute Gasteiger partial charge is 0.488 e. The molecule has 0 aromatic heterocycles. The fourth-order valence-electron chi connectivity index (χ4n) is 3.50. The molecule has 33 heavy (non-hydrogen) atoms. The molecule has 0 bridgehead atoms. The van der Waals surface area contributed by atoms with Crippen LogP contribution in [0.5, 0.6) is 5.75 Å². The van der Waals surface area contributed by atoms with Gasteiger partial charge in [0, 0.05) is 28.9 Å². The number of ketones is 1. The lowest BCUT2D eigenvalue weighted by Crippen LogP contribution is -2.34. The number of hydrogen-bond acceptors (Lipinski definition) is 5. The first-order valence-corrected chi connectivity index (χ1v) is 10.2. The number of amides is 1. The third-order valence-corrected chi connectivity index (χ3v) is 4.96. The van der Waals surface area contributed by atoms with E-state index < -0.39 is 23.3 Å². The standard InChI is InChI=1S/C25H22F2N2O4/c1-25(2,3)33-24(31)29(21-9-5-15(26)10-20(21)27)17-7-8-18-22(12-17)32-13-14-4-6-16(28)11-19(14)23(18)30/h4-12H,13,28H2,1-3H3. The number of nitrogen functional groups attached to an aromatic ring is 1. The van der Waals surface area contributed by atoms with Crippen molar-refractivity contribution < 1.29 is 27.8 Å². The quantitative estimate of drug-likeness (QED) is 0.501. The molecule has 3 aromatic rings. The van der Waals surface area contributed by atoms with Crippen molar-refractivity contribution >= 4 is 28.9 Å². The SMILES string of the molecule is CC(C)(C)OC(=O)N(c1ccc2c(c1)OCc1ccc(N)cc1C2=O)c1ccc(F)cc1F. The summed E-state index contributed by atoms with van der Waals surface area (Å²) in [6.45, 7) is 5.12. The fraction of sp³-hybridized carbons (Fsp3) is 0.200. The third kappa shape index (κ3) is 4.50. The van der Waals surface area contributed by atoms with Crippen molar-refractivity contribution in [2.75, 3.05) is 10.6 Å². The summed E-state index contributed by atoms with van der Waals surface area (Å²) >= 11 is 0. The lowest BCUT2D eigenvalue weighted by Gasteiger charge is -2.28. The molecule has 2 N–H and O–H groups in total. The van der Waals surface area contributed by atoms with Crippen LogP contribution in [0.15, 0.2) is 54.6 Å². The predicted octanol–water partition coefficient (Wildman–Crippen LogP) is 5.74. The van der Waals surface area contributed by atoms with Crippen LogP contribution < -0.4 is 15.4 Å². The number of halogens is 2. The highest BCUT2D eigenvalue weighted by Gasteiger charge is 2.29. The zero-order chi connectivity index (χ0) is 23.9. The number of nitrogens with zero attached hydrogens (tertiary/aromatic N) is 1. The zero-order valence-corrected chi connectivity index (χ0v) is 18.3. The molecule has 6 nitrogen and oxygen atoms in total. The highest BCUT2D eigenvalue weighted by atomic mass is 19.1. The zero-order valence-electron chi connectivity index (χ0n) is 18.3. The Bertz CT molecular complexity index is 1270. The second-order valence-electron chi connectivity index (χ2n) is 8.63. The van der Waals surface area contributed by atoms with Crippen LogP contribution in [-0.4, -0.2) is 17.5 Å². The van der Waals surface area contributed by atoms with Crippen LogP contribution >= 0.6 is 0 Å². The van der Waals surface area contributed by atoms with E-state index in [9.17, 15) is 18.4 Å². The summed E-state index contributed by atoms with van der Waals surface area (Å²) in [6.07, 6.45) is -0.871. The van der Waals surface area contributed by atoms with Crippen LogP contribution in [0.25, 0.3) is 0 Å². The van der Waals surface area contributed by atoms with Crippen molar-refractivity contribution in [1.29, 1.82) is 0 Å². The number of ether oxygens (including phenoxy) is 2. The van der Waals surface area contributed by atoms with Crippen molar-refractivity contribution in [3.05, 3.63) is 82.9 Å². The monoisotopic (exact) mass is 452 g/mol. The molecular formula is C25H22F2N2O4. The number of benzene rings is 3. The van der Waals surface area contributed by atoms with Gasteiger partial charge in [0.15, 0.2) is 5.78 Å². The fourth-order valence-corrected chi connectivity index (χ4v) is 3.50. The average molecular weight is 452 g/mol. The van der Waals surface area contributed by atoms with Crippen molar-refractivity contribution in [1.82, 2.24) is 0 Å². The molecule has 170 valence electrons. The molecule has 0 unspecified atom stereocenters.